The second kappa shape index (κ2) is 9.33. The van der Waals surface area contributed by atoms with Gasteiger partial charge in [0.25, 0.3) is 0 Å². The van der Waals surface area contributed by atoms with Crippen molar-refractivity contribution in [2.45, 2.75) is 25.5 Å². The molecule has 0 unspecified atom stereocenters. The Labute approximate surface area is 171 Å². The fourth-order valence-electron chi connectivity index (χ4n) is 2.63. The van der Waals surface area contributed by atoms with Crippen molar-refractivity contribution in [2.24, 2.45) is 0 Å². The first-order chi connectivity index (χ1) is 13.9. The molecule has 150 valence electrons. The van der Waals surface area contributed by atoms with E-state index >= 15 is 0 Å². The largest absolute Gasteiger partial charge is 0.325 e. The maximum atomic E-state index is 13.7. The molecule has 7 nitrogen and oxygen atoms in total. The standard InChI is InChI=1S/C20H20FN5O2S/c1-13-24-25-20(26(13)11-15-6-4-3-5-7-15)29-12-19(28)23-16-8-9-17(21)18(10-16)22-14(2)27/h3-10H,11-12H2,1-2H3,(H,22,27)(H,23,28). The smallest absolute Gasteiger partial charge is 0.234 e. The van der Waals surface area contributed by atoms with Crippen LogP contribution in [0.15, 0.2) is 53.7 Å². The van der Waals surface area contributed by atoms with E-state index in [1.807, 2.05) is 41.8 Å². The van der Waals surface area contributed by atoms with Gasteiger partial charge in [0.2, 0.25) is 11.8 Å². The summed E-state index contributed by atoms with van der Waals surface area (Å²) in [5.74, 6) is -0.370. The third-order valence-corrected chi connectivity index (χ3v) is 4.95. The van der Waals surface area contributed by atoms with Crippen LogP contribution in [0.25, 0.3) is 0 Å². The molecule has 0 saturated carbocycles. The molecule has 0 radical (unpaired) electrons. The van der Waals surface area contributed by atoms with Crippen LogP contribution in [0.2, 0.25) is 0 Å². The monoisotopic (exact) mass is 413 g/mol. The molecule has 0 aliphatic rings. The minimum Gasteiger partial charge on any atom is -0.325 e. The summed E-state index contributed by atoms with van der Waals surface area (Å²) in [5.41, 5.74) is 1.52. The zero-order valence-electron chi connectivity index (χ0n) is 16.0. The molecule has 3 aromatic rings. The van der Waals surface area contributed by atoms with Gasteiger partial charge in [-0.3, -0.25) is 9.59 Å². The average molecular weight is 413 g/mol. The summed E-state index contributed by atoms with van der Waals surface area (Å²) < 4.78 is 15.7. The predicted octanol–water partition coefficient (Wildman–Crippen LogP) is 3.46. The van der Waals surface area contributed by atoms with Crippen molar-refractivity contribution in [2.75, 3.05) is 16.4 Å². The molecule has 0 fully saturated rings. The molecular formula is C20H20FN5O2S. The molecule has 0 bridgehead atoms. The number of thioether (sulfide) groups is 1. The van der Waals surface area contributed by atoms with E-state index in [4.69, 9.17) is 0 Å². The SMILES string of the molecule is CC(=O)Nc1cc(NC(=O)CSc2nnc(C)n2Cc2ccccc2)ccc1F. The Morgan fingerprint density at radius 3 is 2.59 bits per heavy atom. The number of hydrogen-bond donors (Lipinski definition) is 2. The van der Waals surface area contributed by atoms with Crippen LogP contribution in [0.1, 0.15) is 18.3 Å². The van der Waals surface area contributed by atoms with Crippen LogP contribution in [0.3, 0.4) is 0 Å². The number of rotatable bonds is 7. The summed E-state index contributed by atoms with van der Waals surface area (Å²) in [6.45, 7) is 3.76. The highest BCUT2D eigenvalue weighted by molar-refractivity contribution is 7.99. The molecule has 0 aliphatic carbocycles. The summed E-state index contributed by atoms with van der Waals surface area (Å²) in [4.78, 5) is 23.4. The number of carbonyl (C=O) groups excluding carboxylic acids is 2. The van der Waals surface area contributed by atoms with Crippen LogP contribution in [0, 0.1) is 12.7 Å². The number of nitrogens with zero attached hydrogens (tertiary/aromatic N) is 3. The maximum absolute atomic E-state index is 13.7. The van der Waals surface area contributed by atoms with Gasteiger partial charge in [0.15, 0.2) is 5.16 Å². The third kappa shape index (κ3) is 5.64. The van der Waals surface area contributed by atoms with E-state index < -0.39 is 11.7 Å². The van der Waals surface area contributed by atoms with E-state index in [1.165, 1.54) is 36.9 Å². The number of hydrogen-bond acceptors (Lipinski definition) is 5. The van der Waals surface area contributed by atoms with Gasteiger partial charge in [-0.05, 0) is 30.7 Å². The van der Waals surface area contributed by atoms with Crippen LogP contribution in [-0.2, 0) is 16.1 Å². The number of anilines is 2. The zero-order valence-corrected chi connectivity index (χ0v) is 16.8. The summed E-state index contributed by atoms with van der Waals surface area (Å²) >= 11 is 1.27. The summed E-state index contributed by atoms with van der Waals surface area (Å²) in [6.07, 6.45) is 0. The topological polar surface area (TPSA) is 88.9 Å². The van der Waals surface area contributed by atoms with Gasteiger partial charge in [-0.15, -0.1) is 10.2 Å². The highest BCUT2D eigenvalue weighted by Gasteiger charge is 2.13. The van der Waals surface area contributed by atoms with Crippen LogP contribution >= 0.6 is 11.8 Å². The predicted molar refractivity (Wildman–Crippen MR) is 110 cm³/mol. The number of nitrogens with one attached hydrogen (secondary N) is 2. The van der Waals surface area contributed by atoms with E-state index in [0.717, 1.165) is 11.4 Å². The molecule has 9 heteroatoms. The zero-order chi connectivity index (χ0) is 20.8. The molecule has 2 aromatic carbocycles. The van der Waals surface area contributed by atoms with Crippen LogP contribution in [0.5, 0.6) is 0 Å². The third-order valence-electron chi connectivity index (χ3n) is 3.98. The fourth-order valence-corrected chi connectivity index (χ4v) is 3.42. The lowest BCUT2D eigenvalue weighted by atomic mass is 10.2. The van der Waals surface area contributed by atoms with Gasteiger partial charge in [-0.1, -0.05) is 42.1 Å². The number of aryl methyl sites for hydroxylation is 1. The molecular weight excluding hydrogens is 393 g/mol. The highest BCUT2D eigenvalue weighted by atomic mass is 32.2. The second-order valence-corrected chi connectivity index (χ2v) is 7.26. The second-order valence-electron chi connectivity index (χ2n) is 6.31. The molecule has 3 rings (SSSR count). The number of benzene rings is 2. The molecule has 29 heavy (non-hydrogen) atoms. The fraction of sp³-hybridized carbons (Fsp3) is 0.200. The lowest BCUT2D eigenvalue weighted by Crippen LogP contribution is -2.15. The minimum atomic E-state index is -0.572. The van der Waals surface area contributed by atoms with Crippen molar-refractivity contribution in [3.05, 3.63) is 65.7 Å². The molecule has 0 atom stereocenters. The van der Waals surface area contributed by atoms with Gasteiger partial charge in [0.05, 0.1) is 18.0 Å². The Kier molecular flexibility index (Phi) is 6.61. The number of halogens is 1. The highest BCUT2D eigenvalue weighted by Crippen LogP contribution is 2.22. The van der Waals surface area contributed by atoms with Crippen molar-refractivity contribution in [3.8, 4) is 0 Å². The summed E-state index contributed by atoms with van der Waals surface area (Å²) in [6, 6.07) is 13.9. The van der Waals surface area contributed by atoms with Crippen LogP contribution < -0.4 is 10.6 Å². The van der Waals surface area contributed by atoms with Crippen LogP contribution in [0.4, 0.5) is 15.8 Å². The van der Waals surface area contributed by atoms with Crippen molar-refractivity contribution in [1.82, 2.24) is 14.8 Å². The van der Waals surface area contributed by atoms with Crippen LogP contribution in [-0.4, -0.2) is 32.3 Å². The maximum Gasteiger partial charge on any atom is 0.234 e. The Hall–Kier alpha value is -3.20. The Morgan fingerprint density at radius 2 is 1.86 bits per heavy atom. The minimum absolute atomic E-state index is 0.0150. The van der Waals surface area contributed by atoms with E-state index in [-0.39, 0.29) is 17.3 Å². The van der Waals surface area contributed by atoms with Crippen molar-refractivity contribution in [3.63, 3.8) is 0 Å². The molecule has 2 amide bonds. The molecule has 1 heterocycles. The van der Waals surface area contributed by atoms with Crippen molar-refractivity contribution in [1.29, 1.82) is 0 Å². The first-order valence-electron chi connectivity index (χ1n) is 8.86. The molecule has 2 N–H and O–H groups in total. The van der Waals surface area contributed by atoms with E-state index in [0.29, 0.717) is 17.4 Å². The first-order valence-corrected chi connectivity index (χ1v) is 9.84. The molecule has 0 aliphatic heterocycles. The summed E-state index contributed by atoms with van der Waals surface area (Å²) in [5, 5.41) is 14.0. The Bertz CT molecular complexity index is 1020. The van der Waals surface area contributed by atoms with Gasteiger partial charge in [0, 0.05) is 12.6 Å². The number of amides is 2. The van der Waals surface area contributed by atoms with Gasteiger partial charge < -0.3 is 15.2 Å². The van der Waals surface area contributed by atoms with Gasteiger partial charge >= 0.3 is 0 Å². The van der Waals surface area contributed by atoms with Gasteiger partial charge in [-0.25, -0.2) is 4.39 Å². The lowest BCUT2D eigenvalue weighted by Gasteiger charge is -2.10. The van der Waals surface area contributed by atoms with E-state index in [2.05, 4.69) is 20.8 Å². The van der Waals surface area contributed by atoms with Gasteiger partial charge in [-0.2, -0.15) is 0 Å². The first kappa shape index (κ1) is 20.5. The van der Waals surface area contributed by atoms with E-state index in [9.17, 15) is 14.0 Å². The Morgan fingerprint density at radius 1 is 1.10 bits per heavy atom. The Balaban J connectivity index is 1.62. The van der Waals surface area contributed by atoms with Crippen molar-refractivity contribution < 1.29 is 14.0 Å². The molecule has 0 saturated heterocycles. The summed E-state index contributed by atoms with van der Waals surface area (Å²) in [7, 11) is 0. The lowest BCUT2D eigenvalue weighted by molar-refractivity contribution is -0.114. The molecule has 1 aromatic heterocycles. The quantitative estimate of drug-likeness (QED) is 0.579. The molecule has 0 spiro atoms. The van der Waals surface area contributed by atoms with Gasteiger partial charge in [0.1, 0.15) is 11.6 Å². The number of aromatic nitrogens is 3. The average Bonchev–Trinajstić information content (AvgIpc) is 3.03. The van der Waals surface area contributed by atoms with E-state index in [1.54, 1.807) is 0 Å². The normalized spacial score (nSPS) is 10.6. The van der Waals surface area contributed by atoms with Crippen molar-refractivity contribution >= 4 is 35.0 Å². The number of carbonyl (C=O) groups is 2.